The summed E-state index contributed by atoms with van der Waals surface area (Å²) in [6.45, 7) is 2.01. The van der Waals surface area contributed by atoms with E-state index in [1.54, 1.807) is 6.08 Å². The van der Waals surface area contributed by atoms with E-state index >= 15 is 0 Å². The van der Waals surface area contributed by atoms with Crippen LogP contribution in [0.2, 0.25) is 0 Å². The molecule has 0 spiro atoms. The van der Waals surface area contributed by atoms with Crippen LogP contribution in [0.15, 0.2) is 84.9 Å². The summed E-state index contributed by atoms with van der Waals surface area (Å²) in [6, 6.07) is 24.7. The molecule has 0 amide bonds. The zero-order chi connectivity index (χ0) is 17.9. The molecule has 0 heterocycles. The van der Waals surface area contributed by atoms with Crippen molar-refractivity contribution in [2.75, 3.05) is 0 Å². The zero-order valence-electron chi connectivity index (χ0n) is 14.7. The summed E-state index contributed by atoms with van der Waals surface area (Å²) in [5.41, 5.74) is 2.63. The Balaban J connectivity index is 0.000000270. The number of benzene rings is 1. The van der Waals surface area contributed by atoms with E-state index in [2.05, 4.69) is 0 Å². The molecule has 2 nitrogen and oxygen atoms in total. The Hall–Kier alpha value is -2.48. The van der Waals surface area contributed by atoms with Gasteiger partial charge in [-0.3, -0.25) is 0 Å². The summed E-state index contributed by atoms with van der Waals surface area (Å²) in [5, 5.41) is 0. The van der Waals surface area contributed by atoms with E-state index in [9.17, 15) is 9.59 Å². The minimum Gasteiger partial charge on any atom is -0.645 e. The quantitative estimate of drug-likeness (QED) is 0.236. The number of carbonyl (C=O) groups excluding carboxylic acids is 2. The average Bonchev–Trinajstić information content (AvgIpc) is 3.35. The Bertz CT molecular complexity index is 782. The van der Waals surface area contributed by atoms with E-state index < -0.39 is 0 Å². The minimum absolute atomic E-state index is 0. The number of ketones is 2. The maximum absolute atomic E-state index is 11.6. The van der Waals surface area contributed by atoms with Gasteiger partial charge in [0.1, 0.15) is 5.78 Å². The summed E-state index contributed by atoms with van der Waals surface area (Å²) in [4.78, 5) is 22.7. The van der Waals surface area contributed by atoms with Crippen LogP contribution in [-0.2, 0) is 17.1 Å². The van der Waals surface area contributed by atoms with Gasteiger partial charge < -0.3 is 51.3 Å². The molecule has 0 unspecified atom stereocenters. The second-order valence-electron chi connectivity index (χ2n) is 5.63. The molecule has 3 rings (SSSR count). The van der Waals surface area contributed by atoms with Gasteiger partial charge in [0.25, 0.3) is 0 Å². The van der Waals surface area contributed by atoms with Crippen LogP contribution < -0.4 is 0 Å². The Morgan fingerprint density at radius 3 is 2.19 bits per heavy atom. The Labute approximate surface area is 165 Å². The Morgan fingerprint density at radius 1 is 1.00 bits per heavy atom. The molecule has 0 saturated heterocycles. The first kappa shape index (κ1) is 21.6. The zero-order valence-corrected chi connectivity index (χ0v) is 15.8. The summed E-state index contributed by atoms with van der Waals surface area (Å²) in [5.74, 6) is 0.302. The molecule has 0 fully saturated rings. The number of carbonyl (C=O) groups is 2. The van der Waals surface area contributed by atoms with Crippen LogP contribution in [0, 0.1) is 0 Å². The van der Waals surface area contributed by atoms with E-state index in [0.717, 1.165) is 23.1 Å². The van der Waals surface area contributed by atoms with Crippen LogP contribution in [0.25, 0.3) is 6.08 Å². The van der Waals surface area contributed by atoms with Crippen LogP contribution in [0.3, 0.4) is 0 Å². The SMILES string of the molecule is CCCC(=O)[c-]1cccc1.O=C(C=Cc1ccccc1)[c-]1[cH-][cH-][cH-][cH-]1.[Fe]. The van der Waals surface area contributed by atoms with Gasteiger partial charge in [-0.1, -0.05) is 48.4 Å². The first-order valence-electron chi connectivity index (χ1n) is 8.44. The van der Waals surface area contributed by atoms with Gasteiger partial charge in [0.15, 0.2) is 0 Å². The van der Waals surface area contributed by atoms with E-state index in [-0.39, 0.29) is 28.6 Å². The van der Waals surface area contributed by atoms with Crippen LogP contribution in [-0.4, -0.2) is 11.6 Å². The first-order valence-corrected chi connectivity index (χ1v) is 8.44. The predicted molar refractivity (Wildman–Crippen MR) is 103 cm³/mol. The van der Waals surface area contributed by atoms with E-state index in [1.807, 2.05) is 91.9 Å². The molecule has 0 aromatic heterocycles. The second kappa shape index (κ2) is 12.0. The molecule has 0 aliphatic rings. The van der Waals surface area contributed by atoms with Crippen molar-refractivity contribution in [1.29, 1.82) is 0 Å². The number of Topliss-reactive ketones (excluding diaryl/α,β-unsaturated/α-hetero) is 1. The fraction of sp³-hybridized carbons (Fsp3) is 0.130. The maximum Gasteiger partial charge on any atom is 0.108 e. The summed E-state index contributed by atoms with van der Waals surface area (Å²) < 4.78 is 0. The third-order valence-corrected chi connectivity index (χ3v) is 3.64. The number of allylic oxidation sites excluding steroid dienone is 1. The standard InChI is InChI=1S/C14H11O.C9H11O.Fe/c15-14(13-8-4-5-9-13)11-10-12-6-2-1-3-7-12;1-2-5-9(10)8-6-3-4-7-8;/h1-11H;3-4,6-7H,2,5H2,1H3;/q-5;-1;. The molecule has 3 aromatic rings. The van der Waals surface area contributed by atoms with Crippen molar-refractivity contribution in [1.82, 2.24) is 0 Å². The first-order chi connectivity index (χ1) is 12.2. The van der Waals surface area contributed by atoms with Gasteiger partial charge in [-0.25, -0.2) is 12.1 Å². The third kappa shape index (κ3) is 7.18. The third-order valence-electron chi connectivity index (χ3n) is 3.64. The van der Waals surface area contributed by atoms with Gasteiger partial charge in [0, 0.05) is 17.1 Å². The number of rotatable bonds is 6. The maximum atomic E-state index is 11.6. The molecule has 140 valence electrons. The summed E-state index contributed by atoms with van der Waals surface area (Å²) >= 11 is 0. The molecule has 0 N–H and O–H groups in total. The molecule has 3 aromatic carbocycles. The predicted octanol–water partition coefficient (Wildman–Crippen LogP) is 5.69. The van der Waals surface area contributed by atoms with Crippen LogP contribution >= 0.6 is 0 Å². The van der Waals surface area contributed by atoms with Crippen molar-refractivity contribution in [3.8, 4) is 0 Å². The Morgan fingerprint density at radius 2 is 1.62 bits per heavy atom. The molecule has 0 aliphatic heterocycles. The number of hydrogen-bond donors (Lipinski definition) is 0. The monoisotopic (exact) mass is 386 g/mol. The van der Waals surface area contributed by atoms with E-state index in [4.69, 9.17) is 0 Å². The Kier molecular flexibility index (Phi) is 9.92. The smallest absolute Gasteiger partial charge is 0.108 e. The average molecular weight is 386 g/mol. The van der Waals surface area contributed by atoms with Crippen LogP contribution in [0.5, 0.6) is 0 Å². The molecule has 3 heteroatoms. The largest absolute Gasteiger partial charge is 0.645 e. The van der Waals surface area contributed by atoms with Crippen LogP contribution in [0.4, 0.5) is 0 Å². The van der Waals surface area contributed by atoms with E-state index in [0.29, 0.717) is 6.42 Å². The van der Waals surface area contributed by atoms with Crippen molar-refractivity contribution in [2.45, 2.75) is 19.8 Å². The molecule has 0 radical (unpaired) electrons. The van der Waals surface area contributed by atoms with Gasteiger partial charge in [0.2, 0.25) is 0 Å². The summed E-state index contributed by atoms with van der Waals surface area (Å²) in [7, 11) is 0. The molecular formula is C23H22FeO2-6. The van der Waals surface area contributed by atoms with Crippen molar-refractivity contribution in [3.63, 3.8) is 0 Å². The fourth-order valence-electron chi connectivity index (χ4n) is 2.30. The summed E-state index contributed by atoms with van der Waals surface area (Å²) in [6.07, 6.45) is 5.04. The van der Waals surface area contributed by atoms with Gasteiger partial charge in [-0.15, -0.1) is 0 Å². The van der Waals surface area contributed by atoms with Crippen molar-refractivity contribution in [3.05, 3.63) is 102 Å². The number of hydrogen-bond acceptors (Lipinski definition) is 2. The normalized spacial score (nSPS) is 9.88. The van der Waals surface area contributed by atoms with Crippen molar-refractivity contribution in [2.24, 2.45) is 0 Å². The molecule has 0 bridgehead atoms. The molecule has 0 aliphatic carbocycles. The van der Waals surface area contributed by atoms with Crippen molar-refractivity contribution < 1.29 is 26.7 Å². The van der Waals surface area contributed by atoms with Gasteiger partial charge >= 0.3 is 0 Å². The van der Waals surface area contributed by atoms with Crippen LogP contribution in [0.1, 0.15) is 46.0 Å². The molecular weight excluding hydrogens is 364 g/mol. The van der Waals surface area contributed by atoms with Crippen molar-refractivity contribution >= 4 is 17.6 Å². The molecule has 0 atom stereocenters. The second-order valence-corrected chi connectivity index (χ2v) is 5.63. The topological polar surface area (TPSA) is 34.1 Å². The van der Waals surface area contributed by atoms with E-state index in [1.165, 1.54) is 0 Å². The molecule has 0 saturated carbocycles. The fourth-order valence-corrected chi connectivity index (χ4v) is 2.30. The minimum atomic E-state index is 0. The van der Waals surface area contributed by atoms with Gasteiger partial charge in [-0.05, 0) is 12.8 Å². The molecule has 26 heavy (non-hydrogen) atoms. The van der Waals surface area contributed by atoms with Gasteiger partial charge in [0.05, 0.1) is 0 Å². The van der Waals surface area contributed by atoms with Gasteiger partial charge in [-0.2, -0.15) is 18.2 Å².